The summed E-state index contributed by atoms with van der Waals surface area (Å²) in [6.07, 6.45) is -2.90. The average molecular weight is 281 g/mol. The lowest BCUT2D eigenvalue weighted by atomic mass is 10.00. The van der Waals surface area contributed by atoms with Crippen LogP contribution in [-0.2, 0) is 16.1 Å². The Kier molecular flexibility index (Phi) is 4.94. The highest BCUT2D eigenvalue weighted by atomic mass is 16.6. The zero-order valence-electron chi connectivity index (χ0n) is 11.2. The topological polar surface area (TPSA) is 88.0 Å². The Balaban J connectivity index is 1.81. The van der Waals surface area contributed by atoms with Crippen LogP contribution in [0.25, 0.3) is 0 Å². The molecule has 1 fully saturated rings. The lowest BCUT2D eigenvalue weighted by Crippen LogP contribution is -2.54. The standard InChI is InChI=1S/C14H19NO5/c1-9-13(17)11(7-12(16)20-9)15-14(18)19-8-10-5-3-2-4-6-10/h2-6,9,11-13,16-17H,7-8H2,1H3,(H,15,18)/t9-,11-,12+,13-/m0/s1. The van der Waals surface area contributed by atoms with Crippen LogP contribution < -0.4 is 5.32 Å². The van der Waals surface area contributed by atoms with E-state index in [-0.39, 0.29) is 13.0 Å². The normalized spacial score (nSPS) is 29.8. The monoisotopic (exact) mass is 281 g/mol. The highest BCUT2D eigenvalue weighted by molar-refractivity contribution is 5.67. The summed E-state index contributed by atoms with van der Waals surface area (Å²) in [5.41, 5.74) is 0.878. The van der Waals surface area contributed by atoms with E-state index in [4.69, 9.17) is 9.47 Å². The van der Waals surface area contributed by atoms with Crippen molar-refractivity contribution in [1.29, 1.82) is 0 Å². The van der Waals surface area contributed by atoms with E-state index in [1.807, 2.05) is 30.3 Å². The van der Waals surface area contributed by atoms with Crippen LogP contribution in [-0.4, -0.2) is 40.8 Å². The third kappa shape index (κ3) is 3.93. The van der Waals surface area contributed by atoms with Crippen molar-refractivity contribution in [2.45, 2.75) is 44.5 Å². The van der Waals surface area contributed by atoms with Crippen LogP contribution in [0.2, 0.25) is 0 Å². The summed E-state index contributed by atoms with van der Waals surface area (Å²) >= 11 is 0. The minimum atomic E-state index is -0.993. The molecule has 0 radical (unpaired) electrons. The minimum absolute atomic E-state index is 0.131. The van der Waals surface area contributed by atoms with Crippen LogP contribution >= 0.6 is 0 Å². The van der Waals surface area contributed by atoms with Crippen LogP contribution in [0.4, 0.5) is 4.79 Å². The Hall–Kier alpha value is -1.63. The molecule has 1 amide bonds. The number of hydrogen-bond donors (Lipinski definition) is 3. The molecule has 0 aliphatic carbocycles. The van der Waals surface area contributed by atoms with Gasteiger partial charge in [0.15, 0.2) is 6.29 Å². The Morgan fingerprint density at radius 1 is 1.40 bits per heavy atom. The molecule has 0 unspecified atom stereocenters. The molecule has 1 aromatic rings. The number of aliphatic hydroxyl groups excluding tert-OH is 2. The smallest absolute Gasteiger partial charge is 0.407 e. The molecular formula is C14H19NO5. The number of carbonyl (C=O) groups is 1. The summed E-state index contributed by atoms with van der Waals surface area (Å²) in [5, 5.41) is 21.9. The van der Waals surface area contributed by atoms with Gasteiger partial charge in [-0.2, -0.15) is 0 Å². The van der Waals surface area contributed by atoms with E-state index < -0.39 is 30.6 Å². The van der Waals surface area contributed by atoms with Crippen LogP contribution in [0.5, 0.6) is 0 Å². The molecule has 1 heterocycles. The molecule has 1 saturated heterocycles. The maximum absolute atomic E-state index is 11.7. The maximum atomic E-state index is 11.7. The average Bonchev–Trinajstić information content (AvgIpc) is 2.43. The predicted octanol–water partition coefficient (Wildman–Crippen LogP) is 0.769. The number of ether oxygens (including phenoxy) is 2. The molecule has 3 N–H and O–H groups in total. The van der Waals surface area contributed by atoms with E-state index in [2.05, 4.69) is 5.32 Å². The zero-order valence-corrected chi connectivity index (χ0v) is 11.2. The summed E-state index contributed by atoms with van der Waals surface area (Å²) in [5.74, 6) is 0. The molecule has 20 heavy (non-hydrogen) atoms. The van der Waals surface area contributed by atoms with Gasteiger partial charge in [-0.05, 0) is 12.5 Å². The van der Waals surface area contributed by atoms with Crippen LogP contribution in [0, 0.1) is 0 Å². The lowest BCUT2D eigenvalue weighted by molar-refractivity contribution is -0.201. The predicted molar refractivity (Wildman–Crippen MR) is 70.7 cm³/mol. The fourth-order valence-corrected chi connectivity index (χ4v) is 2.13. The minimum Gasteiger partial charge on any atom is -0.445 e. The summed E-state index contributed by atoms with van der Waals surface area (Å²) in [4.78, 5) is 11.7. The number of carbonyl (C=O) groups excluding carboxylic acids is 1. The quantitative estimate of drug-likeness (QED) is 0.761. The van der Waals surface area contributed by atoms with Gasteiger partial charge in [0.05, 0.1) is 12.1 Å². The highest BCUT2D eigenvalue weighted by Gasteiger charge is 2.35. The van der Waals surface area contributed by atoms with Crippen molar-refractivity contribution in [2.24, 2.45) is 0 Å². The number of nitrogens with one attached hydrogen (secondary N) is 1. The summed E-state index contributed by atoms with van der Waals surface area (Å²) in [6, 6.07) is 8.71. The molecule has 0 saturated carbocycles. The number of hydrogen-bond acceptors (Lipinski definition) is 5. The van der Waals surface area contributed by atoms with E-state index in [0.717, 1.165) is 5.56 Å². The van der Waals surface area contributed by atoms with Gasteiger partial charge in [0.25, 0.3) is 0 Å². The van der Waals surface area contributed by atoms with Crippen LogP contribution in [0.3, 0.4) is 0 Å². The second-order valence-electron chi connectivity index (χ2n) is 4.83. The number of aliphatic hydroxyl groups is 2. The molecule has 1 aliphatic rings. The fourth-order valence-electron chi connectivity index (χ4n) is 2.13. The fraction of sp³-hybridized carbons (Fsp3) is 0.500. The van der Waals surface area contributed by atoms with Gasteiger partial charge in [0, 0.05) is 6.42 Å². The first-order valence-electron chi connectivity index (χ1n) is 6.55. The SMILES string of the molecule is C[C@@H]1O[C@@H](O)C[C@H](NC(=O)OCc2ccccc2)[C@H]1O. The number of rotatable bonds is 3. The summed E-state index contributed by atoms with van der Waals surface area (Å²) in [6.45, 7) is 1.79. The molecule has 0 spiro atoms. The number of benzene rings is 1. The summed E-state index contributed by atoms with van der Waals surface area (Å²) in [7, 11) is 0. The van der Waals surface area contributed by atoms with Gasteiger partial charge in [-0.3, -0.25) is 0 Å². The molecule has 2 rings (SSSR count). The van der Waals surface area contributed by atoms with Crippen molar-refractivity contribution in [2.75, 3.05) is 0 Å². The Morgan fingerprint density at radius 2 is 2.10 bits per heavy atom. The van der Waals surface area contributed by atoms with E-state index in [1.54, 1.807) is 6.92 Å². The van der Waals surface area contributed by atoms with Gasteiger partial charge >= 0.3 is 6.09 Å². The molecule has 0 bridgehead atoms. The van der Waals surface area contributed by atoms with Gasteiger partial charge in [-0.1, -0.05) is 30.3 Å². The maximum Gasteiger partial charge on any atom is 0.407 e. The van der Waals surface area contributed by atoms with Crippen molar-refractivity contribution < 1.29 is 24.5 Å². The van der Waals surface area contributed by atoms with Crippen molar-refractivity contribution in [3.05, 3.63) is 35.9 Å². The first-order valence-corrected chi connectivity index (χ1v) is 6.55. The molecule has 1 aliphatic heterocycles. The molecular weight excluding hydrogens is 262 g/mol. The van der Waals surface area contributed by atoms with Crippen LogP contribution in [0.1, 0.15) is 18.9 Å². The first-order chi connectivity index (χ1) is 9.56. The van der Waals surface area contributed by atoms with Gasteiger partial charge in [-0.15, -0.1) is 0 Å². The third-order valence-electron chi connectivity index (χ3n) is 3.24. The molecule has 1 aromatic carbocycles. The molecule has 6 nitrogen and oxygen atoms in total. The van der Waals surface area contributed by atoms with Crippen molar-refractivity contribution in [3.8, 4) is 0 Å². The van der Waals surface area contributed by atoms with E-state index in [1.165, 1.54) is 0 Å². The largest absolute Gasteiger partial charge is 0.445 e. The second-order valence-corrected chi connectivity index (χ2v) is 4.83. The second kappa shape index (κ2) is 6.69. The highest BCUT2D eigenvalue weighted by Crippen LogP contribution is 2.18. The van der Waals surface area contributed by atoms with Crippen molar-refractivity contribution in [3.63, 3.8) is 0 Å². The van der Waals surface area contributed by atoms with Crippen molar-refractivity contribution in [1.82, 2.24) is 5.32 Å². The van der Waals surface area contributed by atoms with E-state index >= 15 is 0 Å². The molecule has 0 aromatic heterocycles. The van der Waals surface area contributed by atoms with E-state index in [9.17, 15) is 15.0 Å². The summed E-state index contributed by atoms with van der Waals surface area (Å²) < 4.78 is 10.1. The van der Waals surface area contributed by atoms with E-state index in [0.29, 0.717) is 0 Å². The lowest BCUT2D eigenvalue weighted by Gasteiger charge is -2.35. The third-order valence-corrected chi connectivity index (χ3v) is 3.24. The van der Waals surface area contributed by atoms with Gasteiger partial charge in [0.1, 0.15) is 12.7 Å². The Labute approximate surface area is 117 Å². The van der Waals surface area contributed by atoms with Crippen molar-refractivity contribution >= 4 is 6.09 Å². The van der Waals surface area contributed by atoms with Gasteiger partial charge < -0.3 is 25.0 Å². The molecule has 6 heteroatoms. The number of alkyl carbamates (subject to hydrolysis) is 1. The van der Waals surface area contributed by atoms with Gasteiger partial charge in [0.2, 0.25) is 0 Å². The Morgan fingerprint density at radius 3 is 2.80 bits per heavy atom. The Bertz CT molecular complexity index is 438. The number of amides is 1. The van der Waals surface area contributed by atoms with Crippen LogP contribution in [0.15, 0.2) is 30.3 Å². The zero-order chi connectivity index (χ0) is 14.5. The molecule has 4 atom stereocenters. The first kappa shape index (κ1) is 14.8. The molecule has 110 valence electrons. The van der Waals surface area contributed by atoms with Gasteiger partial charge in [-0.25, -0.2) is 4.79 Å².